The third-order valence-electron chi connectivity index (χ3n) is 1.99. The fourth-order valence-corrected chi connectivity index (χ4v) is 2.61. The van der Waals surface area contributed by atoms with E-state index in [1.54, 1.807) is 6.07 Å². The Bertz CT molecular complexity index is 491. The summed E-state index contributed by atoms with van der Waals surface area (Å²) < 4.78 is 13.9. The van der Waals surface area contributed by atoms with E-state index in [2.05, 4.69) is 20.9 Å². The third-order valence-corrected chi connectivity index (χ3v) is 3.70. The number of aryl methyl sites for hydroxylation is 1. The van der Waals surface area contributed by atoms with Crippen molar-refractivity contribution < 1.29 is 4.39 Å². The molecule has 1 heterocycles. The van der Waals surface area contributed by atoms with E-state index in [-0.39, 0.29) is 5.82 Å². The second-order valence-electron chi connectivity index (χ2n) is 3.08. The van der Waals surface area contributed by atoms with Crippen LogP contribution >= 0.6 is 27.3 Å². The number of thiazole rings is 1. The van der Waals surface area contributed by atoms with E-state index in [0.29, 0.717) is 5.82 Å². The molecule has 2 N–H and O–H groups in total. The maximum atomic E-state index is 13.1. The van der Waals surface area contributed by atoms with Gasteiger partial charge in [-0.3, -0.25) is 0 Å². The maximum absolute atomic E-state index is 13.1. The lowest BCUT2D eigenvalue weighted by atomic mass is 10.2. The van der Waals surface area contributed by atoms with Crippen LogP contribution in [0, 0.1) is 12.7 Å². The molecule has 0 radical (unpaired) electrons. The van der Waals surface area contributed by atoms with E-state index in [1.165, 1.54) is 23.5 Å². The number of benzene rings is 1. The number of aromatic nitrogens is 1. The molecule has 0 saturated heterocycles. The molecule has 2 nitrogen and oxygen atoms in total. The van der Waals surface area contributed by atoms with Crippen LogP contribution in [0.3, 0.4) is 0 Å². The average molecular weight is 287 g/mol. The molecule has 0 saturated carbocycles. The van der Waals surface area contributed by atoms with E-state index < -0.39 is 0 Å². The first-order valence-corrected chi connectivity index (χ1v) is 5.87. The van der Waals surface area contributed by atoms with Crippen LogP contribution in [0.1, 0.15) is 4.88 Å². The highest BCUT2D eigenvalue weighted by Crippen LogP contribution is 2.34. The molecule has 0 bridgehead atoms. The van der Waals surface area contributed by atoms with E-state index in [4.69, 9.17) is 5.73 Å². The molecule has 2 rings (SSSR count). The Morgan fingerprint density at radius 2 is 2.20 bits per heavy atom. The molecule has 0 fully saturated rings. The summed E-state index contributed by atoms with van der Waals surface area (Å²) >= 11 is 4.82. The van der Waals surface area contributed by atoms with Crippen molar-refractivity contribution in [3.8, 4) is 10.6 Å². The number of hydrogen-bond donors (Lipinski definition) is 1. The highest BCUT2D eigenvalue weighted by Gasteiger charge is 2.10. The van der Waals surface area contributed by atoms with Gasteiger partial charge in [0.2, 0.25) is 0 Å². The summed E-state index contributed by atoms with van der Waals surface area (Å²) in [6.07, 6.45) is 0. The first-order valence-electron chi connectivity index (χ1n) is 4.26. The van der Waals surface area contributed by atoms with Crippen molar-refractivity contribution >= 4 is 33.1 Å². The van der Waals surface area contributed by atoms with E-state index in [9.17, 15) is 4.39 Å². The topological polar surface area (TPSA) is 38.9 Å². The third kappa shape index (κ3) is 2.03. The zero-order valence-electron chi connectivity index (χ0n) is 7.92. The summed E-state index contributed by atoms with van der Waals surface area (Å²) in [6.45, 7) is 1.89. The molecule has 0 aliphatic rings. The summed E-state index contributed by atoms with van der Waals surface area (Å²) in [7, 11) is 0. The van der Waals surface area contributed by atoms with Crippen molar-refractivity contribution in [3.63, 3.8) is 0 Å². The first-order chi connectivity index (χ1) is 7.08. The van der Waals surface area contributed by atoms with Gasteiger partial charge in [-0.15, -0.1) is 11.3 Å². The molecule has 1 aromatic heterocycles. The Morgan fingerprint density at radius 1 is 1.47 bits per heavy atom. The van der Waals surface area contributed by atoms with Crippen LogP contribution in [-0.2, 0) is 0 Å². The highest BCUT2D eigenvalue weighted by molar-refractivity contribution is 9.10. The van der Waals surface area contributed by atoms with Crippen LogP contribution in [0.4, 0.5) is 10.2 Å². The lowest BCUT2D eigenvalue weighted by Crippen LogP contribution is -1.86. The molecule has 5 heteroatoms. The second-order valence-corrected chi connectivity index (χ2v) is 5.14. The molecule has 0 aliphatic heterocycles. The van der Waals surface area contributed by atoms with Gasteiger partial charge >= 0.3 is 0 Å². The van der Waals surface area contributed by atoms with Gasteiger partial charge in [-0.25, -0.2) is 9.37 Å². The van der Waals surface area contributed by atoms with Crippen LogP contribution in [-0.4, -0.2) is 4.98 Å². The van der Waals surface area contributed by atoms with Crippen molar-refractivity contribution in [2.24, 2.45) is 0 Å². The van der Waals surface area contributed by atoms with Crippen LogP contribution in [0.15, 0.2) is 22.7 Å². The molecule has 15 heavy (non-hydrogen) atoms. The normalized spacial score (nSPS) is 10.6. The molecule has 0 spiro atoms. The summed E-state index contributed by atoms with van der Waals surface area (Å²) in [5.74, 6) is 0.228. The molecular weight excluding hydrogens is 279 g/mol. The number of hydrogen-bond acceptors (Lipinski definition) is 3. The van der Waals surface area contributed by atoms with Gasteiger partial charge in [-0.1, -0.05) is 15.9 Å². The standard InChI is InChI=1S/C10H8BrFN2S/c1-5-9(13)14-10(15-5)7-4-6(12)2-3-8(7)11/h2-4H,13H2,1H3. The highest BCUT2D eigenvalue weighted by atomic mass is 79.9. The summed E-state index contributed by atoms with van der Waals surface area (Å²) in [6, 6.07) is 4.51. The Hall–Kier alpha value is -0.940. The minimum Gasteiger partial charge on any atom is -0.383 e. The Balaban J connectivity index is 2.58. The van der Waals surface area contributed by atoms with Gasteiger partial charge in [0.1, 0.15) is 16.6 Å². The number of nitrogen functional groups attached to an aromatic ring is 1. The number of nitrogens with zero attached hydrogens (tertiary/aromatic N) is 1. The molecular formula is C10H8BrFN2S. The second kappa shape index (κ2) is 3.90. The van der Waals surface area contributed by atoms with E-state index >= 15 is 0 Å². The summed E-state index contributed by atoms with van der Waals surface area (Å²) in [5.41, 5.74) is 6.39. The van der Waals surface area contributed by atoms with Gasteiger partial charge in [-0.2, -0.15) is 0 Å². The van der Waals surface area contributed by atoms with Crippen LogP contribution < -0.4 is 5.73 Å². The first kappa shape index (κ1) is 10.6. The predicted octanol–water partition coefficient (Wildman–Crippen LogP) is 3.60. The van der Waals surface area contributed by atoms with Gasteiger partial charge in [0.25, 0.3) is 0 Å². The molecule has 0 atom stereocenters. The zero-order chi connectivity index (χ0) is 11.0. The van der Waals surface area contributed by atoms with E-state index in [1.807, 2.05) is 6.92 Å². The van der Waals surface area contributed by atoms with Gasteiger partial charge in [0.05, 0.1) is 0 Å². The predicted molar refractivity (Wildman–Crippen MR) is 64.4 cm³/mol. The lowest BCUT2D eigenvalue weighted by Gasteiger charge is -1.99. The molecule has 1 aromatic carbocycles. The largest absolute Gasteiger partial charge is 0.383 e. The molecule has 2 aromatic rings. The summed E-state index contributed by atoms with van der Waals surface area (Å²) in [4.78, 5) is 5.13. The monoisotopic (exact) mass is 286 g/mol. The number of rotatable bonds is 1. The Morgan fingerprint density at radius 3 is 2.80 bits per heavy atom. The molecule has 78 valence electrons. The number of anilines is 1. The van der Waals surface area contributed by atoms with Crippen LogP contribution in [0.5, 0.6) is 0 Å². The Kier molecular flexibility index (Phi) is 2.75. The Labute approximate surface area is 99.1 Å². The fraction of sp³-hybridized carbons (Fsp3) is 0.100. The smallest absolute Gasteiger partial charge is 0.138 e. The van der Waals surface area contributed by atoms with Crippen molar-refractivity contribution in [3.05, 3.63) is 33.4 Å². The van der Waals surface area contributed by atoms with Crippen molar-refractivity contribution in [1.29, 1.82) is 0 Å². The van der Waals surface area contributed by atoms with Crippen molar-refractivity contribution in [2.75, 3.05) is 5.73 Å². The molecule has 0 amide bonds. The van der Waals surface area contributed by atoms with Crippen molar-refractivity contribution in [2.45, 2.75) is 6.92 Å². The molecule has 0 aliphatic carbocycles. The minimum absolute atomic E-state index is 0.278. The van der Waals surface area contributed by atoms with Gasteiger partial charge in [0.15, 0.2) is 0 Å². The quantitative estimate of drug-likeness (QED) is 0.870. The SMILES string of the molecule is Cc1sc(-c2cc(F)ccc2Br)nc1N. The molecule has 0 unspecified atom stereocenters. The van der Waals surface area contributed by atoms with Crippen molar-refractivity contribution in [1.82, 2.24) is 4.98 Å². The van der Waals surface area contributed by atoms with Gasteiger partial charge in [-0.05, 0) is 25.1 Å². The van der Waals surface area contributed by atoms with Gasteiger partial charge < -0.3 is 5.73 Å². The zero-order valence-corrected chi connectivity index (χ0v) is 10.3. The summed E-state index contributed by atoms with van der Waals surface area (Å²) in [5, 5.41) is 0.733. The fourth-order valence-electron chi connectivity index (χ4n) is 1.18. The number of nitrogens with two attached hydrogens (primary N) is 1. The average Bonchev–Trinajstić information content (AvgIpc) is 2.51. The minimum atomic E-state index is -0.278. The van der Waals surface area contributed by atoms with E-state index in [0.717, 1.165) is 19.9 Å². The lowest BCUT2D eigenvalue weighted by molar-refractivity contribution is 0.628. The van der Waals surface area contributed by atoms with Gasteiger partial charge in [0, 0.05) is 14.9 Å². The van der Waals surface area contributed by atoms with Crippen LogP contribution in [0.2, 0.25) is 0 Å². The van der Waals surface area contributed by atoms with Crippen LogP contribution in [0.25, 0.3) is 10.6 Å². The maximum Gasteiger partial charge on any atom is 0.138 e. The number of halogens is 2.